The van der Waals surface area contributed by atoms with Crippen molar-refractivity contribution in [3.8, 4) is 0 Å². The van der Waals surface area contributed by atoms with E-state index in [1.54, 1.807) is 6.07 Å². The normalized spacial score (nSPS) is 9.44. The van der Waals surface area contributed by atoms with E-state index in [4.69, 9.17) is 22.9 Å². The molecule has 18 heavy (non-hydrogen) atoms. The lowest BCUT2D eigenvalue weighted by atomic mass is 10.2. The maximum Gasteiger partial charge on any atom is 0.0364 e. The molecular weight excluding hydrogens is 224 g/mol. The summed E-state index contributed by atoms with van der Waals surface area (Å²) in [5.74, 6) is 0. The summed E-state index contributed by atoms with van der Waals surface area (Å²) >= 11 is 0. The lowest BCUT2D eigenvalue weighted by Crippen LogP contribution is -1.94. The van der Waals surface area contributed by atoms with Crippen LogP contribution in [-0.4, -0.2) is 0 Å². The van der Waals surface area contributed by atoms with Crippen LogP contribution in [0.5, 0.6) is 0 Å². The Morgan fingerprint density at radius 3 is 1.67 bits per heavy atom. The zero-order chi connectivity index (χ0) is 13.7. The first-order valence-corrected chi connectivity index (χ1v) is 5.64. The van der Waals surface area contributed by atoms with E-state index < -0.39 is 0 Å². The third-order valence-corrected chi connectivity index (χ3v) is 2.72. The fraction of sp³-hybridized carbons (Fsp3) is 0.143. The van der Waals surface area contributed by atoms with E-state index in [1.165, 1.54) is 0 Å². The minimum Gasteiger partial charge on any atom is -0.399 e. The van der Waals surface area contributed by atoms with Gasteiger partial charge in [-0.1, -0.05) is 12.1 Å². The van der Waals surface area contributed by atoms with Crippen molar-refractivity contribution in [2.75, 3.05) is 22.9 Å². The highest BCUT2D eigenvalue weighted by atomic mass is 14.6. The van der Waals surface area contributed by atoms with E-state index in [1.807, 2.05) is 44.2 Å². The second-order valence-electron chi connectivity index (χ2n) is 4.18. The van der Waals surface area contributed by atoms with Crippen LogP contribution in [0.3, 0.4) is 0 Å². The number of anilines is 4. The van der Waals surface area contributed by atoms with Crippen molar-refractivity contribution in [3.05, 3.63) is 47.5 Å². The van der Waals surface area contributed by atoms with Gasteiger partial charge in [-0.05, 0) is 49.2 Å². The molecule has 2 aromatic rings. The maximum atomic E-state index is 5.54. The summed E-state index contributed by atoms with van der Waals surface area (Å²) in [4.78, 5) is 0. The van der Waals surface area contributed by atoms with Crippen LogP contribution in [0.1, 0.15) is 11.1 Å². The fourth-order valence-electron chi connectivity index (χ4n) is 1.33. The molecule has 0 aliphatic heterocycles. The molecule has 0 heterocycles. The SMILES string of the molecule is Cc1c(N)cccc1N.Cc1ccc(N)cc1N. The van der Waals surface area contributed by atoms with Gasteiger partial charge in [-0.3, -0.25) is 0 Å². The summed E-state index contributed by atoms with van der Waals surface area (Å²) in [5, 5.41) is 0. The molecule has 96 valence electrons. The van der Waals surface area contributed by atoms with Gasteiger partial charge in [0.1, 0.15) is 0 Å². The molecule has 0 saturated heterocycles. The molecule has 0 amide bonds. The summed E-state index contributed by atoms with van der Waals surface area (Å²) in [6.07, 6.45) is 0. The zero-order valence-electron chi connectivity index (χ0n) is 10.8. The Morgan fingerprint density at radius 1 is 0.722 bits per heavy atom. The van der Waals surface area contributed by atoms with Crippen molar-refractivity contribution in [1.29, 1.82) is 0 Å². The van der Waals surface area contributed by atoms with Crippen molar-refractivity contribution < 1.29 is 0 Å². The first kappa shape index (κ1) is 13.7. The van der Waals surface area contributed by atoms with Gasteiger partial charge in [0.2, 0.25) is 0 Å². The third-order valence-electron chi connectivity index (χ3n) is 2.72. The first-order chi connectivity index (χ1) is 8.41. The molecule has 0 spiro atoms. The molecule has 4 nitrogen and oxygen atoms in total. The van der Waals surface area contributed by atoms with Crippen LogP contribution in [-0.2, 0) is 0 Å². The average Bonchev–Trinajstić information content (AvgIpc) is 2.32. The Balaban J connectivity index is 0.000000180. The number of benzene rings is 2. The smallest absolute Gasteiger partial charge is 0.0364 e. The predicted octanol–water partition coefficient (Wildman–Crippen LogP) is 2.32. The Kier molecular flexibility index (Phi) is 4.43. The number of nitrogens with two attached hydrogens (primary N) is 4. The highest BCUT2D eigenvalue weighted by molar-refractivity contribution is 5.60. The standard InChI is InChI=1S/2C7H10N2/c1-5-2-3-6(8)4-7(5)9;1-5-6(8)3-2-4-7(5)9/h2*2-4H,8-9H2,1H3. The summed E-state index contributed by atoms with van der Waals surface area (Å²) in [7, 11) is 0. The quantitative estimate of drug-likeness (QED) is 0.534. The van der Waals surface area contributed by atoms with E-state index in [-0.39, 0.29) is 0 Å². The van der Waals surface area contributed by atoms with Gasteiger partial charge >= 0.3 is 0 Å². The van der Waals surface area contributed by atoms with Crippen molar-refractivity contribution in [1.82, 2.24) is 0 Å². The monoisotopic (exact) mass is 244 g/mol. The van der Waals surface area contributed by atoms with Gasteiger partial charge < -0.3 is 22.9 Å². The van der Waals surface area contributed by atoms with Crippen LogP contribution in [0.4, 0.5) is 22.7 Å². The van der Waals surface area contributed by atoms with Crippen molar-refractivity contribution in [3.63, 3.8) is 0 Å². The molecule has 0 saturated carbocycles. The minimum absolute atomic E-state index is 0.720. The molecular formula is C14H20N4. The lowest BCUT2D eigenvalue weighted by molar-refractivity contribution is 1.47. The number of nitrogen functional groups attached to an aromatic ring is 4. The van der Waals surface area contributed by atoms with Crippen molar-refractivity contribution >= 4 is 22.7 Å². The van der Waals surface area contributed by atoms with Gasteiger partial charge in [-0.2, -0.15) is 0 Å². The van der Waals surface area contributed by atoms with Crippen LogP contribution in [0, 0.1) is 13.8 Å². The van der Waals surface area contributed by atoms with Gasteiger partial charge in [-0.15, -0.1) is 0 Å². The summed E-state index contributed by atoms with van der Waals surface area (Å²) < 4.78 is 0. The number of hydrogen-bond acceptors (Lipinski definition) is 4. The minimum atomic E-state index is 0.720. The van der Waals surface area contributed by atoms with Gasteiger partial charge in [0.25, 0.3) is 0 Å². The Hall–Kier alpha value is -2.36. The predicted molar refractivity (Wildman–Crippen MR) is 80.0 cm³/mol. The highest BCUT2D eigenvalue weighted by Crippen LogP contribution is 2.16. The zero-order valence-corrected chi connectivity index (χ0v) is 10.8. The topological polar surface area (TPSA) is 104 Å². The maximum absolute atomic E-state index is 5.54. The Labute approximate surface area is 108 Å². The number of rotatable bonds is 0. The molecule has 4 heteroatoms. The largest absolute Gasteiger partial charge is 0.399 e. The molecule has 0 radical (unpaired) electrons. The van der Waals surface area contributed by atoms with Gasteiger partial charge in [-0.25, -0.2) is 0 Å². The van der Waals surface area contributed by atoms with Gasteiger partial charge in [0.15, 0.2) is 0 Å². The molecule has 0 atom stereocenters. The van der Waals surface area contributed by atoms with Gasteiger partial charge in [0.05, 0.1) is 0 Å². The molecule has 0 aliphatic carbocycles. The lowest BCUT2D eigenvalue weighted by Gasteiger charge is -2.00. The summed E-state index contributed by atoms with van der Waals surface area (Å²) in [6, 6.07) is 11.0. The molecule has 2 rings (SSSR count). The molecule has 2 aromatic carbocycles. The fourth-order valence-corrected chi connectivity index (χ4v) is 1.33. The van der Waals surface area contributed by atoms with E-state index in [0.717, 1.165) is 33.9 Å². The molecule has 0 bridgehead atoms. The summed E-state index contributed by atoms with van der Waals surface area (Å²) in [6.45, 7) is 3.86. The number of hydrogen-bond donors (Lipinski definition) is 4. The van der Waals surface area contributed by atoms with Crippen LogP contribution >= 0.6 is 0 Å². The van der Waals surface area contributed by atoms with Crippen LogP contribution in [0.15, 0.2) is 36.4 Å². The van der Waals surface area contributed by atoms with E-state index in [0.29, 0.717) is 0 Å². The first-order valence-electron chi connectivity index (χ1n) is 5.64. The molecule has 8 N–H and O–H groups in total. The van der Waals surface area contributed by atoms with E-state index in [2.05, 4.69) is 0 Å². The van der Waals surface area contributed by atoms with Crippen LogP contribution < -0.4 is 22.9 Å². The Morgan fingerprint density at radius 2 is 1.28 bits per heavy atom. The van der Waals surface area contributed by atoms with Crippen LogP contribution in [0.25, 0.3) is 0 Å². The molecule has 0 aromatic heterocycles. The Bertz CT molecular complexity index is 515. The van der Waals surface area contributed by atoms with Crippen molar-refractivity contribution in [2.45, 2.75) is 13.8 Å². The molecule has 0 unspecified atom stereocenters. The van der Waals surface area contributed by atoms with E-state index >= 15 is 0 Å². The molecule has 0 fully saturated rings. The summed E-state index contributed by atoms with van der Waals surface area (Å²) in [5.41, 5.74) is 27.1. The third kappa shape index (κ3) is 3.59. The van der Waals surface area contributed by atoms with E-state index in [9.17, 15) is 0 Å². The van der Waals surface area contributed by atoms with Crippen LogP contribution in [0.2, 0.25) is 0 Å². The second kappa shape index (κ2) is 5.82. The highest BCUT2D eigenvalue weighted by Gasteiger charge is 1.93. The molecule has 0 aliphatic rings. The second-order valence-corrected chi connectivity index (χ2v) is 4.18. The van der Waals surface area contributed by atoms with Crippen molar-refractivity contribution in [2.24, 2.45) is 0 Å². The number of aryl methyl sites for hydroxylation is 1. The van der Waals surface area contributed by atoms with Gasteiger partial charge in [0, 0.05) is 22.7 Å². The average molecular weight is 244 g/mol.